The van der Waals surface area contributed by atoms with Crippen molar-refractivity contribution in [3.8, 4) is 6.07 Å². The molecule has 0 aromatic carbocycles. The first-order valence-corrected chi connectivity index (χ1v) is 5.54. The van der Waals surface area contributed by atoms with Crippen molar-refractivity contribution < 1.29 is 4.79 Å². The average Bonchev–Trinajstić information content (AvgIpc) is 3.00. The zero-order chi connectivity index (χ0) is 11.3. The van der Waals surface area contributed by atoms with E-state index in [1.54, 1.807) is 0 Å². The Balaban J connectivity index is 2.29. The highest BCUT2D eigenvalue weighted by molar-refractivity contribution is 5.78. The minimum Gasteiger partial charge on any atom is -0.339 e. The summed E-state index contributed by atoms with van der Waals surface area (Å²) in [6, 6.07) is 2.58. The molecule has 1 aliphatic rings. The van der Waals surface area contributed by atoms with Crippen molar-refractivity contribution in [2.24, 2.45) is 0 Å². The predicted molar refractivity (Wildman–Crippen MR) is 58.1 cm³/mol. The minimum atomic E-state index is 0.195. The number of nitrogens with zero attached hydrogens (tertiary/aromatic N) is 3. The summed E-state index contributed by atoms with van der Waals surface area (Å²) in [5.41, 5.74) is 0. The Bertz CT molecular complexity index is 255. The second-order valence-electron chi connectivity index (χ2n) is 4.06. The lowest BCUT2D eigenvalue weighted by molar-refractivity contribution is -0.132. The predicted octanol–water partition coefficient (Wildman–Crippen LogP) is 0.843. The summed E-state index contributed by atoms with van der Waals surface area (Å²) in [4.78, 5) is 15.7. The maximum atomic E-state index is 11.8. The number of amides is 1. The number of hydrogen-bond donors (Lipinski definition) is 0. The van der Waals surface area contributed by atoms with Crippen LogP contribution in [0.5, 0.6) is 0 Å². The van der Waals surface area contributed by atoms with E-state index in [-0.39, 0.29) is 5.91 Å². The molecule has 1 saturated carbocycles. The third-order valence-corrected chi connectivity index (χ3v) is 2.66. The van der Waals surface area contributed by atoms with Crippen molar-refractivity contribution in [1.29, 1.82) is 5.26 Å². The van der Waals surface area contributed by atoms with Crippen LogP contribution in [0.2, 0.25) is 0 Å². The third-order valence-electron chi connectivity index (χ3n) is 2.66. The molecule has 0 atom stereocenters. The van der Waals surface area contributed by atoms with Crippen LogP contribution in [0, 0.1) is 11.3 Å². The molecular formula is C11H19N3O. The lowest BCUT2D eigenvalue weighted by Crippen LogP contribution is -2.40. The molecule has 84 valence electrons. The lowest BCUT2D eigenvalue weighted by Gasteiger charge is -2.23. The fraction of sp³-hybridized carbons (Fsp3) is 0.818. The normalized spacial score (nSPS) is 15.1. The molecule has 4 heteroatoms. The molecular weight excluding hydrogens is 190 g/mol. The average molecular weight is 209 g/mol. The fourth-order valence-electron chi connectivity index (χ4n) is 1.67. The van der Waals surface area contributed by atoms with Crippen LogP contribution in [0.1, 0.15) is 26.2 Å². The first-order chi connectivity index (χ1) is 7.19. The van der Waals surface area contributed by atoms with Crippen molar-refractivity contribution in [1.82, 2.24) is 9.80 Å². The molecule has 4 nitrogen and oxygen atoms in total. The third kappa shape index (κ3) is 3.88. The van der Waals surface area contributed by atoms with E-state index in [1.807, 2.05) is 23.8 Å². The molecule has 0 bridgehead atoms. The van der Waals surface area contributed by atoms with E-state index < -0.39 is 0 Å². The zero-order valence-corrected chi connectivity index (χ0v) is 9.57. The molecule has 1 aliphatic carbocycles. The van der Waals surface area contributed by atoms with Gasteiger partial charge < -0.3 is 4.90 Å². The van der Waals surface area contributed by atoms with Gasteiger partial charge in [0.25, 0.3) is 0 Å². The van der Waals surface area contributed by atoms with Gasteiger partial charge in [-0.05, 0) is 26.8 Å². The van der Waals surface area contributed by atoms with Crippen LogP contribution in [0.3, 0.4) is 0 Å². The Hall–Kier alpha value is -1.08. The van der Waals surface area contributed by atoms with E-state index in [0.717, 1.165) is 19.4 Å². The van der Waals surface area contributed by atoms with Crippen molar-refractivity contribution in [3.63, 3.8) is 0 Å². The van der Waals surface area contributed by atoms with E-state index in [9.17, 15) is 4.79 Å². The Morgan fingerprint density at radius 1 is 1.53 bits per heavy atom. The summed E-state index contributed by atoms with van der Waals surface area (Å²) in [5.74, 6) is 0.195. The van der Waals surface area contributed by atoms with E-state index >= 15 is 0 Å². The van der Waals surface area contributed by atoms with Gasteiger partial charge in [0.2, 0.25) is 5.91 Å². The van der Waals surface area contributed by atoms with Crippen molar-refractivity contribution >= 4 is 5.91 Å². The monoisotopic (exact) mass is 209 g/mol. The van der Waals surface area contributed by atoms with E-state index in [1.165, 1.54) is 0 Å². The molecule has 0 aromatic rings. The van der Waals surface area contributed by atoms with Crippen LogP contribution in [0.25, 0.3) is 0 Å². The number of hydrogen-bond acceptors (Lipinski definition) is 3. The van der Waals surface area contributed by atoms with Crippen LogP contribution in [0.4, 0.5) is 0 Å². The van der Waals surface area contributed by atoms with Gasteiger partial charge in [0.15, 0.2) is 0 Å². The van der Waals surface area contributed by atoms with Crippen LogP contribution >= 0.6 is 0 Å². The Labute approximate surface area is 91.5 Å². The van der Waals surface area contributed by atoms with Crippen molar-refractivity contribution in [2.75, 3.05) is 26.7 Å². The van der Waals surface area contributed by atoms with Gasteiger partial charge in [-0.3, -0.25) is 9.69 Å². The number of carbonyl (C=O) groups is 1. The van der Waals surface area contributed by atoms with E-state index in [4.69, 9.17) is 5.26 Å². The van der Waals surface area contributed by atoms with Crippen molar-refractivity contribution in [3.05, 3.63) is 0 Å². The number of rotatable bonds is 6. The first kappa shape index (κ1) is 12.0. The van der Waals surface area contributed by atoms with Crippen LogP contribution in [0.15, 0.2) is 0 Å². The molecule has 0 unspecified atom stereocenters. The Morgan fingerprint density at radius 2 is 2.20 bits per heavy atom. The molecule has 1 fully saturated rings. The topological polar surface area (TPSA) is 47.3 Å². The van der Waals surface area contributed by atoms with E-state index in [0.29, 0.717) is 25.6 Å². The van der Waals surface area contributed by atoms with Crippen LogP contribution in [-0.4, -0.2) is 48.4 Å². The second kappa shape index (κ2) is 5.72. The summed E-state index contributed by atoms with van der Waals surface area (Å²) >= 11 is 0. The molecule has 0 aliphatic heterocycles. The Kier molecular flexibility index (Phi) is 4.57. The van der Waals surface area contributed by atoms with Crippen LogP contribution < -0.4 is 0 Å². The summed E-state index contributed by atoms with van der Waals surface area (Å²) in [6.07, 6.45) is 2.79. The lowest BCUT2D eigenvalue weighted by atomic mass is 10.3. The second-order valence-corrected chi connectivity index (χ2v) is 4.06. The summed E-state index contributed by atoms with van der Waals surface area (Å²) in [7, 11) is 1.88. The maximum absolute atomic E-state index is 11.8. The summed E-state index contributed by atoms with van der Waals surface area (Å²) < 4.78 is 0. The highest BCUT2D eigenvalue weighted by atomic mass is 16.2. The quantitative estimate of drug-likeness (QED) is 0.651. The molecule has 1 rings (SSSR count). The maximum Gasteiger partial charge on any atom is 0.236 e. The number of likely N-dealkylation sites (N-methyl/N-ethyl adjacent to an activating group) is 2. The van der Waals surface area contributed by atoms with Crippen molar-refractivity contribution in [2.45, 2.75) is 32.2 Å². The fourth-order valence-corrected chi connectivity index (χ4v) is 1.67. The van der Waals surface area contributed by atoms with Crippen LogP contribution in [-0.2, 0) is 4.79 Å². The molecule has 0 heterocycles. The van der Waals surface area contributed by atoms with Gasteiger partial charge >= 0.3 is 0 Å². The molecule has 0 N–H and O–H groups in total. The minimum absolute atomic E-state index is 0.195. The first-order valence-electron chi connectivity index (χ1n) is 5.54. The van der Waals surface area contributed by atoms with Gasteiger partial charge in [-0.1, -0.05) is 0 Å². The highest BCUT2D eigenvalue weighted by Gasteiger charge is 2.31. The largest absolute Gasteiger partial charge is 0.339 e. The summed E-state index contributed by atoms with van der Waals surface area (Å²) in [6.45, 7) is 3.93. The van der Waals surface area contributed by atoms with Gasteiger partial charge in [0.05, 0.1) is 12.6 Å². The zero-order valence-electron chi connectivity index (χ0n) is 9.57. The highest BCUT2D eigenvalue weighted by Crippen LogP contribution is 2.26. The molecule has 0 saturated heterocycles. The molecule has 1 amide bonds. The van der Waals surface area contributed by atoms with E-state index in [2.05, 4.69) is 6.07 Å². The van der Waals surface area contributed by atoms with Gasteiger partial charge in [0.1, 0.15) is 0 Å². The molecule has 15 heavy (non-hydrogen) atoms. The molecule has 0 aromatic heterocycles. The SMILES string of the molecule is CCN(C(=O)CN(C)CCC#N)C1CC1. The van der Waals surface area contributed by atoms with Gasteiger partial charge in [-0.2, -0.15) is 5.26 Å². The number of nitriles is 1. The van der Waals surface area contributed by atoms with Gasteiger partial charge in [-0.25, -0.2) is 0 Å². The molecule has 0 radical (unpaired) electrons. The smallest absolute Gasteiger partial charge is 0.236 e. The standard InChI is InChI=1S/C11H19N3O/c1-3-14(10-5-6-10)11(15)9-13(2)8-4-7-12/h10H,3-6,8-9H2,1-2H3. The Morgan fingerprint density at radius 3 is 2.67 bits per heavy atom. The van der Waals surface area contributed by atoms with Gasteiger partial charge in [-0.15, -0.1) is 0 Å². The van der Waals surface area contributed by atoms with Gasteiger partial charge in [0, 0.05) is 25.6 Å². The summed E-state index contributed by atoms with van der Waals surface area (Å²) in [5, 5.41) is 8.43. The number of carbonyl (C=O) groups excluding carboxylic acids is 1. The molecule has 0 spiro atoms.